The summed E-state index contributed by atoms with van der Waals surface area (Å²) in [5, 5.41) is 0.674. The predicted molar refractivity (Wildman–Crippen MR) is 79.8 cm³/mol. The Morgan fingerprint density at radius 1 is 1.10 bits per heavy atom. The van der Waals surface area contributed by atoms with Gasteiger partial charge in [0.2, 0.25) is 0 Å². The van der Waals surface area contributed by atoms with Crippen LogP contribution in [0.2, 0.25) is 0 Å². The number of nitrogens with one attached hydrogen (secondary N) is 1. The van der Waals surface area contributed by atoms with Crippen LogP contribution in [0.1, 0.15) is 0 Å². The molecule has 0 aliphatic rings. The highest BCUT2D eigenvalue weighted by Gasteiger charge is 2.10. The maximum atomic E-state index is 5.77. The zero-order valence-electron chi connectivity index (χ0n) is 11.5. The lowest BCUT2D eigenvalue weighted by atomic mass is 10.3. The fourth-order valence-electron chi connectivity index (χ4n) is 1.83. The molecular weight excluding hydrogens is 290 g/mol. The number of benzene rings is 1. The number of anilines is 1. The van der Waals surface area contributed by atoms with Gasteiger partial charge in [-0.15, -0.1) is 0 Å². The Morgan fingerprint density at radius 2 is 1.81 bits per heavy atom. The second-order valence-electron chi connectivity index (χ2n) is 4.15. The molecule has 0 radical (unpaired) electrons. The van der Waals surface area contributed by atoms with Crippen LogP contribution in [0.25, 0.3) is 11.2 Å². The van der Waals surface area contributed by atoms with Gasteiger partial charge < -0.3 is 20.2 Å². The second-order valence-corrected chi connectivity index (χ2v) is 5.21. The van der Waals surface area contributed by atoms with E-state index in [-0.39, 0.29) is 0 Å². The minimum absolute atomic E-state index is 0.353. The summed E-state index contributed by atoms with van der Waals surface area (Å²) in [4.78, 5) is 16.4. The molecule has 0 bridgehead atoms. The average molecular weight is 303 g/mol. The number of H-pyrrole nitrogens is 1. The van der Waals surface area contributed by atoms with Crippen molar-refractivity contribution in [2.45, 2.75) is 10.1 Å². The molecule has 0 atom stereocenters. The van der Waals surface area contributed by atoms with E-state index in [1.54, 1.807) is 14.2 Å². The van der Waals surface area contributed by atoms with Crippen LogP contribution >= 0.6 is 11.8 Å². The number of nitrogen functional groups attached to an aromatic ring is 1. The van der Waals surface area contributed by atoms with E-state index in [0.717, 1.165) is 4.90 Å². The largest absolute Gasteiger partial charge is 0.497 e. The van der Waals surface area contributed by atoms with E-state index in [9.17, 15) is 0 Å². The minimum Gasteiger partial charge on any atom is -0.497 e. The molecule has 3 rings (SSSR count). The number of methoxy groups -OCH3 is 2. The Kier molecular flexibility index (Phi) is 3.53. The van der Waals surface area contributed by atoms with Crippen LogP contribution in [0.5, 0.6) is 11.5 Å². The maximum Gasteiger partial charge on any atom is 0.172 e. The lowest BCUT2D eigenvalue weighted by molar-refractivity contribution is 0.392. The predicted octanol–water partition coefficient (Wildman–Crippen LogP) is 2.10. The van der Waals surface area contributed by atoms with Gasteiger partial charge in [-0.3, -0.25) is 0 Å². The molecule has 0 amide bonds. The van der Waals surface area contributed by atoms with Crippen LogP contribution in [0.15, 0.2) is 34.6 Å². The van der Waals surface area contributed by atoms with Gasteiger partial charge in [0.25, 0.3) is 0 Å². The van der Waals surface area contributed by atoms with Crippen molar-refractivity contribution in [1.82, 2.24) is 19.9 Å². The Hall–Kier alpha value is -2.48. The minimum atomic E-state index is 0.353. The van der Waals surface area contributed by atoms with Crippen molar-refractivity contribution in [1.29, 1.82) is 0 Å². The van der Waals surface area contributed by atoms with E-state index in [4.69, 9.17) is 15.2 Å². The lowest BCUT2D eigenvalue weighted by Gasteiger charge is -2.06. The molecule has 0 saturated heterocycles. The van der Waals surface area contributed by atoms with Crippen LogP contribution < -0.4 is 15.2 Å². The van der Waals surface area contributed by atoms with Crippen LogP contribution in [-0.4, -0.2) is 34.2 Å². The highest BCUT2D eigenvalue weighted by Crippen LogP contribution is 2.33. The first-order chi connectivity index (χ1) is 10.2. The Morgan fingerprint density at radius 3 is 2.43 bits per heavy atom. The van der Waals surface area contributed by atoms with E-state index >= 15 is 0 Å². The van der Waals surface area contributed by atoms with E-state index in [1.165, 1.54) is 18.1 Å². The van der Waals surface area contributed by atoms with E-state index < -0.39 is 0 Å². The summed E-state index contributed by atoms with van der Waals surface area (Å²) in [7, 11) is 3.22. The maximum absolute atomic E-state index is 5.77. The van der Waals surface area contributed by atoms with Crippen LogP contribution in [0.3, 0.4) is 0 Å². The van der Waals surface area contributed by atoms with Crippen LogP contribution in [-0.2, 0) is 0 Å². The van der Waals surface area contributed by atoms with Gasteiger partial charge in [0.1, 0.15) is 17.8 Å². The van der Waals surface area contributed by atoms with E-state index in [2.05, 4.69) is 19.9 Å². The van der Waals surface area contributed by atoms with Gasteiger partial charge in [-0.25, -0.2) is 15.0 Å². The van der Waals surface area contributed by atoms with Gasteiger partial charge in [-0.2, -0.15) is 0 Å². The summed E-state index contributed by atoms with van der Waals surface area (Å²) in [6.07, 6.45) is 1.40. The summed E-state index contributed by atoms with van der Waals surface area (Å²) in [5.74, 6) is 1.78. The fraction of sp³-hybridized carbons (Fsp3) is 0.154. The summed E-state index contributed by atoms with van der Waals surface area (Å²) in [6.45, 7) is 0. The second kappa shape index (κ2) is 5.49. The number of fused-ring (bicyclic) bond motifs is 1. The number of nitrogens with two attached hydrogens (primary N) is 1. The number of aromatic amines is 1. The molecule has 0 saturated carbocycles. The molecule has 0 unspecified atom stereocenters. The molecule has 1 aromatic carbocycles. The van der Waals surface area contributed by atoms with Gasteiger partial charge >= 0.3 is 0 Å². The number of ether oxygens (including phenoxy) is 2. The third kappa shape index (κ3) is 2.70. The van der Waals surface area contributed by atoms with E-state index in [0.29, 0.717) is 33.6 Å². The van der Waals surface area contributed by atoms with Gasteiger partial charge in [-0.05, 0) is 12.1 Å². The number of aromatic nitrogens is 4. The van der Waals surface area contributed by atoms with Crippen LogP contribution in [0, 0.1) is 0 Å². The van der Waals surface area contributed by atoms with Crippen molar-refractivity contribution in [3.05, 3.63) is 24.5 Å². The highest BCUT2D eigenvalue weighted by molar-refractivity contribution is 7.99. The van der Waals surface area contributed by atoms with Gasteiger partial charge in [0, 0.05) is 11.0 Å². The van der Waals surface area contributed by atoms with Crippen molar-refractivity contribution in [2.24, 2.45) is 0 Å². The number of nitrogens with zero attached hydrogens (tertiary/aromatic N) is 3. The van der Waals surface area contributed by atoms with Crippen molar-refractivity contribution < 1.29 is 9.47 Å². The first-order valence-corrected chi connectivity index (χ1v) is 6.88. The van der Waals surface area contributed by atoms with E-state index in [1.807, 2.05) is 18.2 Å². The Bertz CT molecular complexity index is 767. The Labute approximate surface area is 124 Å². The summed E-state index contributed by atoms with van der Waals surface area (Å²) < 4.78 is 10.5. The molecule has 2 heterocycles. The molecule has 2 aromatic heterocycles. The summed E-state index contributed by atoms with van der Waals surface area (Å²) in [5.41, 5.74) is 6.95. The summed E-state index contributed by atoms with van der Waals surface area (Å²) in [6, 6.07) is 5.61. The summed E-state index contributed by atoms with van der Waals surface area (Å²) >= 11 is 1.43. The third-order valence-corrected chi connectivity index (χ3v) is 3.69. The standard InChI is InChI=1S/C13H13N5O2S/c1-19-7-3-8(20-2)5-9(4-7)21-13-17-10-11(14)15-6-16-12(10)18-13/h3-6H,1-2H3,(H3,14,15,16,17,18). The Balaban J connectivity index is 1.96. The molecule has 8 heteroatoms. The normalized spacial score (nSPS) is 10.8. The molecular formula is C13H13N5O2S. The topological polar surface area (TPSA) is 98.9 Å². The zero-order chi connectivity index (χ0) is 14.8. The van der Waals surface area contributed by atoms with Gasteiger partial charge in [0.15, 0.2) is 22.1 Å². The number of imidazole rings is 1. The molecule has 21 heavy (non-hydrogen) atoms. The van der Waals surface area contributed by atoms with Crippen molar-refractivity contribution >= 4 is 28.7 Å². The molecule has 3 aromatic rings. The molecule has 0 fully saturated rings. The number of hydrogen-bond acceptors (Lipinski definition) is 7. The first-order valence-electron chi connectivity index (χ1n) is 6.06. The number of rotatable bonds is 4. The smallest absolute Gasteiger partial charge is 0.172 e. The molecule has 0 spiro atoms. The SMILES string of the molecule is COc1cc(OC)cc(Sc2nc3c(N)ncnc3[nH]2)c1. The lowest BCUT2D eigenvalue weighted by Crippen LogP contribution is -1.91. The highest BCUT2D eigenvalue weighted by atomic mass is 32.2. The van der Waals surface area contributed by atoms with Crippen molar-refractivity contribution in [2.75, 3.05) is 20.0 Å². The molecule has 108 valence electrons. The first kappa shape index (κ1) is 13.5. The van der Waals surface area contributed by atoms with Crippen molar-refractivity contribution in [3.8, 4) is 11.5 Å². The molecule has 0 aliphatic carbocycles. The molecule has 3 N–H and O–H groups in total. The van der Waals surface area contributed by atoms with Crippen molar-refractivity contribution in [3.63, 3.8) is 0 Å². The quantitative estimate of drug-likeness (QED) is 0.761. The van der Waals surface area contributed by atoms with Gasteiger partial charge in [-0.1, -0.05) is 11.8 Å². The monoisotopic (exact) mass is 303 g/mol. The molecule has 7 nitrogen and oxygen atoms in total. The number of hydrogen-bond donors (Lipinski definition) is 2. The third-order valence-electron chi connectivity index (χ3n) is 2.83. The average Bonchev–Trinajstić information content (AvgIpc) is 2.90. The fourth-order valence-corrected chi connectivity index (χ4v) is 2.68. The molecule has 0 aliphatic heterocycles. The van der Waals surface area contributed by atoms with Gasteiger partial charge in [0.05, 0.1) is 14.2 Å². The zero-order valence-corrected chi connectivity index (χ0v) is 12.3. The van der Waals surface area contributed by atoms with Crippen LogP contribution in [0.4, 0.5) is 5.82 Å².